The first kappa shape index (κ1) is 20.4. The predicted octanol–water partition coefficient (Wildman–Crippen LogP) is 6.23. The van der Waals surface area contributed by atoms with Crippen LogP contribution < -0.4 is 4.74 Å². The SMILES string of the molecule is C=COC(=O)N1CCc2c([nH]c3ccc(Cl)cc23)C1c1ccc(OCCCC)cc1. The van der Waals surface area contributed by atoms with Crippen LogP contribution in [0.5, 0.6) is 5.75 Å². The van der Waals surface area contributed by atoms with Gasteiger partial charge in [-0.05, 0) is 54.3 Å². The number of ether oxygens (including phenoxy) is 2. The lowest BCUT2D eigenvalue weighted by Crippen LogP contribution is -2.40. The largest absolute Gasteiger partial charge is 0.494 e. The van der Waals surface area contributed by atoms with Gasteiger partial charge in [0.25, 0.3) is 0 Å². The van der Waals surface area contributed by atoms with Crippen molar-refractivity contribution in [3.05, 3.63) is 77.1 Å². The van der Waals surface area contributed by atoms with Crippen LogP contribution in [0.2, 0.25) is 5.02 Å². The van der Waals surface area contributed by atoms with Gasteiger partial charge in [0.15, 0.2) is 0 Å². The zero-order valence-corrected chi connectivity index (χ0v) is 17.7. The van der Waals surface area contributed by atoms with E-state index < -0.39 is 6.09 Å². The Morgan fingerprint density at radius 3 is 2.83 bits per heavy atom. The molecule has 1 aliphatic heterocycles. The molecule has 0 aliphatic carbocycles. The summed E-state index contributed by atoms with van der Waals surface area (Å²) < 4.78 is 10.9. The van der Waals surface area contributed by atoms with E-state index in [0.717, 1.165) is 47.2 Å². The van der Waals surface area contributed by atoms with Crippen molar-refractivity contribution >= 4 is 28.6 Å². The zero-order chi connectivity index (χ0) is 21.1. The number of aromatic nitrogens is 1. The molecule has 30 heavy (non-hydrogen) atoms. The van der Waals surface area contributed by atoms with E-state index in [0.29, 0.717) is 18.2 Å². The Labute approximate surface area is 181 Å². The number of benzene rings is 2. The number of hydrogen-bond acceptors (Lipinski definition) is 3. The highest BCUT2D eigenvalue weighted by molar-refractivity contribution is 6.31. The summed E-state index contributed by atoms with van der Waals surface area (Å²) in [7, 11) is 0. The Morgan fingerprint density at radius 2 is 2.10 bits per heavy atom. The molecule has 1 unspecified atom stereocenters. The summed E-state index contributed by atoms with van der Waals surface area (Å²) in [5.74, 6) is 0.826. The van der Waals surface area contributed by atoms with E-state index in [1.165, 1.54) is 11.8 Å². The summed E-state index contributed by atoms with van der Waals surface area (Å²) in [5, 5.41) is 1.79. The first-order chi connectivity index (χ1) is 14.6. The zero-order valence-electron chi connectivity index (χ0n) is 17.0. The van der Waals surface area contributed by atoms with Crippen molar-refractivity contribution in [2.45, 2.75) is 32.2 Å². The van der Waals surface area contributed by atoms with Crippen LogP contribution in [0.25, 0.3) is 10.9 Å². The third kappa shape index (κ3) is 3.90. The number of nitrogens with zero attached hydrogens (tertiary/aromatic N) is 1. The highest BCUT2D eigenvalue weighted by Crippen LogP contribution is 2.39. The second-order valence-electron chi connectivity index (χ2n) is 7.37. The average molecular weight is 425 g/mol. The number of fused-ring (bicyclic) bond motifs is 3. The van der Waals surface area contributed by atoms with Gasteiger partial charge >= 0.3 is 6.09 Å². The molecule has 1 atom stereocenters. The van der Waals surface area contributed by atoms with Crippen LogP contribution in [-0.4, -0.2) is 29.1 Å². The molecule has 4 rings (SSSR count). The first-order valence-corrected chi connectivity index (χ1v) is 10.6. The summed E-state index contributed by atoms with van der Waals surface area (Å²) in [6.45, 7) is 6.90. The summed E-state index contributed by atoms with van der Waals surface area (Å²) in [4.78, 5) is 17.9. The summed E-state index contributed by atoms with van der Waals surface area (Å²) in [6.07, 6.45) is 3.59. The standard InChI is InChI=1S/C24H25ClN2O3/c1-3-5-14-30-18-9-6-16(7-10-18)23-22-19(12-13-27(23)24(28)29-4-2)20-15-17(25)8-11-21(20)26-22/h4,6-11,15,23,26H,2-3,5,12-14H2,1H3. The lowest BCUT2D eigenvalue weighted by molar-refractivity contribution is 0.121. The minimum Gasteiger partial charge on any atom is -0.494 e. The van der Waals surface area contributed by atoms with Crippen LogP contribution in [0, 0.1) is 0 Å². The number of carbonyl (C=O) groups is 1. The molecule has 0 saturated carbocycles. The molecule has 0 spiro atoms. The Bertz CT molecular complexity index is 1060. The number of nitrogens with one attached hydrogen (secondary N) is 1. The lowest BCUT2D eigenvalue weighted by atomic mass is 9.92. The molecule has 1 aromatic heterocycles. The molecule has 6 heteroatoms. The smallest absolute Gasteiger partial charge is 0.415 e. The van der Waals surface area contributed by atoms with Gasteiger partial charge in [-0.15, -0.1) is 0 Å². The molecule has 3 aromatic rings. The monoisotopic (exact) mass is 424 g/mol. The second kappa shape index (κ2) is 8.84. The molecule has 2 heterocycles. The number of unbranched alkanes of at least 4 members (excludes halogenated alkanes) is 1. The van der Waals surface area contributed by atoms with E-state index in [1.807, 2.05) is 42.5 Å². The van der Waals surface area contributed by atoms with Gasteiger partial charge in [-0.25, -0.2) is 4.79 Å². The average Bonchev–Trinajstić information content (AvgIpc) is 3.12. The number of carbonyl (C=O) groups excluding carboxylic acids is 1. The first-order valence-electron chi connectivity index (χ1n) is 10.2. The lowest BCUT2D eigenvalue weighted by Gasteiger charge is -2.35. The molecule has 0 fully saturated rings. The van der Waals surface area contributed by atoms with Crippen molar-refractivity contribution in [3.8, 4) is 5.75 Å². The van der Waals surface area contributed by atoms with Crippen molar-refractivity contribution in [3.63, 3.8) is 0 Å². The maximum Gasteiger partial charge on any atom is 0.415 e. The summed E-state index contributed by atoms with van der Waals surface area (Å²) >= 11 is 6.24. The van der Waals surface area contributed by atoms with Gasteiger partial charge < -0.3 is 14.5 Å². The van der Waals surface area contributed by atoms with Gasteiger partial charge in [-0.3, -0.25) is 4.90 Å². The van der Waals surface area contributed by atoms with Gasteiger partial charge in [-0.2, -0.15) is 0 Å². The third-order valence-electron chi connectivity index (χ3n) is 5.47. The predicted molar refractivity (Wildman–Crippen MR) is 119 cm³/mol. The molecule has 1 aliphatic rings. The van der Waals surface area contributed by atoms with E-state index in [4.69, 9.17) is 21.1 Å². The molecule has 1 N–H and O–H groups in total. The van der Waals surface area contributed by atoms with Crippen LogP contribution >= 0.6 is 11.6 Å². The summed E-state index contributed by atoms with van der Waals surface area (Å²) in [5.41, 5.74) is 4.16. The molecule has 5 nitrogen and oxygen atoms in total. The Balaban J connectivity index is 1.74. The highest BCUT2D eigenvalue weighted by atomic mass is 35.5. The number of rotatable bonds is 6. The molecule has 0 bridgehead atoms. The topological polar surface area (TPSA) is 54.6 Å². The molecule has 156 valence electrons. The molecule has 0 radical (unpaired) electrons. The fourth-order valence-electron chi connectivity index (χ4n) is 4.02. The fourth-order valence-corrected chi connectivity index (χ4v) is 4.20. The van der Waals surface area contributed by atoms with Crippen molar-refractivity contribution in [2.24, 2.45) is 0 Å². The van der Waals surface area contributed by atoms with Crippen molar-refractivity contribution in [1.82, 2.24) is 9.88 Å². The van der Waals surface area contributed by atoms with Crippen molar-refractivity contribution in [1.29, 1.82) is 0 Å². The third-order valence-corrected chi connectivity index (χ3v) is 5.71. The van der Waals surface area contributed by atoms with E-state index in [9.17, 15) is 4.79 Å². The second-order valence-corrected chi connectivity index (χ2v) is 7.81. The molecule has 1 amide bonds. The van der Waals surface area contributed by atoms with Crippen molar-refractivity contribution in [2.75, 3.05) is 13.2 Å². The number of H-pyrrole nitrogens is 1. The number of amides is 1. The Morgan fingerprint density at radius 1 is 1.30 bits per heavy atom. The molecule has 2 aromatic carbocycles. The number of aromatic amines is 1. The van der Waals surface area contributed by atoms with E-state index >= 15 is 0 Å². The van der Waals surface area contributed by atoms with Gasteiger partial charge in [-0.1, -0.05) is 43.7 Å². The Kier molecular flexibility index (Phi) is 6.00. The minimum absolute atomic E-state index is 0.294. The highest BCUT2D eigenvalue weighted by Gasteiger charge is 2.35. The van der Waals surface area contributed by atoms with E-state index in [1.54, 1.807) is 4.90 Å². The quantitative estimate of drug-likeness (QED) is 0.377. The van der Waals surface area contributed by atoms with E-state index in [2.05, 4.69) is 18.5 Å². The number of halogens is 1. The maximum atomic E-state index is 12.7. The van der Waals surface area contributed by atoms with Gasteiger partial charge in [0, 0.05) is 28.2 Å². The Hall–Kier alpha value is -2.92. The molecular weight excluding hydrogens is 400 g/mol. The van der Waals surface area contributed by atoms with Crippen LogP contribution in [-0.2, 0) is 11.2 Å². The van der Waals surface area contributed by atoms with Gasteiger partial charge in [0.1, 0.15) is 11.8 Å². The van der Waals surface area contributed by atoms with Crippen molar-refractivity contribution < 1.29 is 14.3 Å². The summed E-state index contributed by atoms with van der Waals surface area (Å²) in [6, 6.07) is 13.5. The van der Waals surface area contributed by atoms with Crippen LogP contribution in [0.4, 0.5) is 4.79 Å². The van der Waals surface area contributed by atoms with Crippen LogP contribution in [0.3, 0.4) is 0 Å². The van der Waals surface area contributed by atoms with Crippen LogP contribution in [0.15, 0.2) is 55.3 Å². The maximum absolute atomic E-state index is 12.7. The van der Waals surface area contributed by atoms with E-state index in [-0.39, 0.29) is 6.04 Å². The number of hydrogen-bond donors (Lipinski definition) is 1. The van der Waals surface area contributed by atoms with Gasteiger partial charge in [0.2, 0.25) is 0 Å². The minimum atomic E-state index is -0.416. The fraction of sp³-hybridized carbons (Fsp3) is 0.292. The van der Waals surface area contributed by atoms with Gasteiger partial charge in [0.05, 0.1) is 12.9 Å². The van der Waals surface area contributed by atoms with Crippen LogP contribution in [0.1, 0.15) is 42.6 Å². The molecular formula is C24H25ClN2O3. The molecule has 0 saturated heterocycles. The normalized spacial score (nSPS) is 15.7.